The Kier molecular flexibility index (Phi) is 3.18. The molecule has 1 heterocycles. The third-order valence-electron chi connectivity index (χ3n) is 3.35. The standard InChI is InChI=1S/C13H10Cl4N2/c1-18-5-19(2)13-9(17)4-7(15)10-6(14)3-8(16)12(18)11(10)13/h3-4H,5H2,1-2H3. The fourth-order valence-electron chi connectivity index (χ4n) is 2.65. The van der Waals surface area contributed by atoms with E-state index in [1.54, 1.807) is 12.1 Å². The molecule has 0 aromatic heterocycles. The number of hydrogen-bond acceptors (Lipinski definition) is 2. The monoisotopic (exact) mass is 334 g/mol. The van der Waals surface area contributed by atoms with E-state index >= 15 is 0 Å². The Labute approximate surface area is 131 Å². The van der Waals surface area contributed by atoms with Crippen LogP contribution in [0, 0.1) is 0 Å². The first-order valence-electron chi connectivity index (χ1n) is 5.63. The number of nitrogens with zero attached hydrogens (tertiary/aromatic N) is 2. The molecule has 0 bridgehead atoms. The molecule has 0 N–H and O–H groups in total. The van der Waals surface area contributed by atoms with Gasteiger partial charge in [0.05, 0.1) is 38.1 Å². The van der Waals surface area contributed by atoms with E-state index in [-0.39, 0.29) is 0 Å². The topological polar surface area (TPSA) is 6.48 Å². The Bertz CT molecular complexity index is 644. The summed E-state index contributed by atoms with van der Waals surface area (Å²) in [7, 11) is 3.95. The van der Waals surface area contributed by atoms with Gasteiger partial charge >= 0.3 is 0 Å². The zero-order valence-corrected chi connectivity index (χ0v) is 13.3. The average molecular weight is 336 g/mol. The molecular weight excluding hydrogens is 326 g/mol. The van der Waals surface area contributed by atoms with Crippen molar-refractivity contribution in [2.24, 2.45) is 0 Å². The van der Waals surface area contributed by atoms with Crippen LogP contribution in [0.25, 0.3) is 10.8 Å². The summed E-state index contributed by atoms with van der Waals surface area (Å²) >= 11 is 25.2. The molecule has 2 aromatic rings. The minimum absolute atomic E-state index is 0.537. The molecule has 3 rings (SSSR count). The lowest BCUT2D eigenvalue weighted by molar-refractivity contribution is 0.847. The fourth-order valence-corrected chi connectivity index (χ4v) is 4.12. The van der Waals surface area contributed by atoms with E-state index in [1.165, 1.54) is 0 Å². The van der Waals surface area contributed by atoms with E-state index in [0.29, 0.717) is 26.8 Å². The summed E-state index contributed by atoms with van der Waals surface area (Å²) in [6.45, 7) is 0.699. The molecule has 1 aliphatic heterocycles. The van der Waals surface area contributed by atoms with Gasteiger partial charge in [-0.05, 0) is 12.1 Å². The van der Waals surface area contributed by atoms with Gasteiger partial charge in [-0.3, -0.25) is 0 Å². The molecule has 0 atom stereocenters. The van der Waals surface area contributed by atoms with Gasteiger partial charge in [-0.25, -0.2) is 0 Å². The third-order valence-corrected chi connectivity index (χ3v) is 4.52. The molecule has 100 valence electrons. The summed E-state index contributed by atoms with van der Waals surface area (Å²) < 4.78 is 0. The third kappa shape index (κ3) is 1.85. The van der Waals surface area contributed by atoms with Crippen molar-refractivity contribution in [3.63, 3.8) is 0 Å². The quantitative estimate of drug-likeness (QED) is 0.644. The van der Waals surface area contributed by atoms with Crippen LogP contribution in [0.1, 0.15) is 0 Å². The van der Waals surface area contributed by atoms with Crippen LogP contribution in [0.5, 0.6) is 0 Å². The van der Waals surface area contributed by atoms with Crippen molar-refractivity contribution < 1.29 is 0 Å². The van der Waals surface area contributed by atoms with Crippen molar-refractivity contribution in [3.8, 4) is 0 Å². The fraction of sp³-hybridized carbons (Fsp3) is 0.231. The van der Waals surface area contributed by atoms with E-state index in [9.17, 15) is 0 Å². The maximum absolute atomic E-state index is 6.33. The van der Waals surface area contributed by atoms with Crippen LogP contribution in [-0.4, -0.2) is 20.8 Å². The van der Waals surface area contributed by atoms with Gasteiger partial charge in [-0.1, -0.05) is 46.4 Å². The summed E-state index contributed by atoms with van der Waals surface area (Å²) in [6, 6.07) is 3.46. The maximum atomic E-state index is 6.33. The smallest absolute Gasteiger partial charge is 0.0898 e. The number of halogens is 4. The molecule has 0 fully saturated rings. The molecule has 0 unspecified atom stereocenters. The molecule has 0 saturated carbocycles. The molecule has 6 heteroatoms. The van der Waals surface area contributed by atoms with E-state index in [2.05, 4.69) is 9.80 Å². The van der Waals surface area contributed by atoms with Gasteiger partial charge in [-0.15, -0.1) is 0 Å². The number of rotatable bonds is 0. The second-order valence-electron chi connectivity index (χ2n) is 4.66. The zero-order valence-electron chi connectivity index (χ0n) is 10.3. The average Bonchev–Trinajstić information content (AvgIpc) is 2.25. The predicted molar refractivity (Wildman–Crippen MR) is 85.7 cm³/mol. The van der Waals surface area contributed by atoms with Crippen LogP contribution >= 0.6 is 46.4 Å². The highest BCUT2D eigenvalue weighted by Gasteiger charge is 2.27. The summed E-state index contributed by atoms with van der Waals surface area (Å²) in [4.78, 5) is 4.11. The molecule has 0 saturated heterocycles. The van der Waals surface area contributed by atoms with Gasteiger partial charge < -0.3 is 9.80 Å². The number of benzene rings is 2. The summed E-state index contributed by atoms with van der Waals surface area (Å²) in [5.41, 5.74) is 1.83. The zero-order chi connectivity index (χ0) is 13.9. The van der Waals surface area contributed by atoms with Crippen LogP contribution < -0.4 is 9.80 Å². The summed E-state index contributed by atoms with van der Waals surface area (Å²) in [5, 5.41) is 3.98. The number of anilines is 2. The lowest BCUT2D eigenvalue weighted by Crippen LogP contribution is -2.36. The van der Waals surface area contributed by atoms with Crippen molar-refractivity contribution in [1.29, 1.82) is 0 Å². The molecule has 1 aliphatic rings. The van der Waals surface area contributed by atoms with Gasteiger partial charge in [0.25, 0.3) is 0 Å². The van der Waals surface area contributed by atoms with Crippen molar-refractivity contribution in [2.75, 3.05) is 30.6 Å². The van der Waals surface area contributed by atoms with Gasteiger partial charge in [0.2, 0.25) is 0 Å². The van der Waals surface area contributed by atoms with Gasteiger partial charge in [0.15, 0.2) is 0 Å². The Hall–Kier alpha value is -0.540. The Morgan fingerprint density at radius 1 is 0.737 bits per heavy atom. The molecule has 2 aromatic carbocycles. The first kappa shape index (κ1) is 13.4. The van der Waals surface area contributed by atoms with E-state index in [1.807, 2.05) is 14.1 Å². The van der Waals surface area contributed by atoms with Gasteiger partial charge in [0.1, 0.15) is 0 Å². The van der Waals surface area contributed by atoms with Crippen LogP contribution in [0.3, 0.4) is 0 Å². The Morgan fingerprint density at radius 2 is 1.16 bits per heavy atom. The van der Waals surface area contributed by atoms with Crippen LogP contribution in [0.2, 0.25) is 20.1 Å². The first-order chi connectivity index (χ1) is 8.91. The van der Waals surface area contributed by atoms with E-state index in [0.717, 1.165) is 22.1 Å². The molecule has 0 amide bonds. The summed E-state index contributed by atoms with van der Waals surface area (Å²) in [6.07, 6.45) is 0. The Morgan fingerprint density at radius 3 is 1.58 bits per heavy atom. The van der Waals surface area contributed by atoms with Crippen LogP contribution in [-0.2, 0) is 0 Å². The molecule has 0 aliphatic carbocycles. The minimum Gasteiger partial charge on any atom is -0.355 e. The van der Waals surface area contributed by atoms with E-state index < -0.39 is 0 Å². The predicted octanol–water partition coefficient (Wildman–Crippen LogP) is 5.30. The number of hydrogen-bond donors (Lipinski definition) is 0. The largest absolute Gasteiger partial charge is 0.355 e. The Balaban J connectivity index is 2.60. The van der Waals surface area contributed by atoms with Gasteiger partial charge in [0, 0.05) is 24.9 Å². The molecule has 0 radical (unpaired) electrons. The lowest BCUT2D eigenvalue weighted by atomic mass is 10.0. The minimum atomic E-state index is 0.537. The molecule has 0 spiro atoms. The van der Waals surface area contributed by atoms with Crippen LogP contribution in [0.4, 0.5) is 11.4 Å². The first-order valence-corrected chi connectivity index (χ1v) is 7.15. The normalized spacial score (nSPS) is 14.4. The highest BCUT2D eigenvalue weighted by molar-refractivity contribution is 6.48. The van der Waals surface area contributed by atoms with Crippen molar-refractivity contribution in [2.45, 2.75) is 0 Å². The van der Waals surface area contributed by atoms with Crippen molar-refractivity contribution in [1.82, 2.24) is 0 Å². The highest BCUT2D eigenvalue weighted by atomic mass is 35.5. The molecule has 19 heavy (non-hydrogen) atoms. The second-order valence-corrected chi connectivity index (χ2v) is 6.29. The molecule has 2 nitrogen and oxygen atoms in total. The second kappa shape index (κ2) is 4.49. The van der Waals surface area contributed by atoms with Crippen molar-refractivity contribution >= 4 is 68.6 Å². The van der Waals surface area contributed by atoms with Gasteiger partial charge in [-0.2, -0.15) is 0 Å². The maximum Gasteiger partial charge on any atom is 0.0898 e. The lowest BCUT2D eigenvalue weighted by Gasteiger charge is -2.36. The van der Waals surface area contributed by atoms with Crippen LogP contribution in [0.15, 0.2) is 12.1 Å². The van der Waals surface area contributed by atoms with Crippen molar-refractivity contribution in [3.05, 3.63) is 32.2 Å². The molecular formula is C13H10Cl4N2. The highest BCUT2D eigenvalue weighted by Crippen LogP contribution is 2.50. The summed E-state index contributed by atoms with van der Waals surface area (Å²) in [5.74, 6) is 0. The SMILES string of the molecule is CN1CN(C)c2c(Cl)cc(Cl)c3c(Cl)cc(Cl)c1c23. The van der Waals surface area contributed by atoms with E-state index in [4.69, 9.17) is 46.4 Å².